The van der Waals surface area contributed by atoms with Crippen molar-refractivity contribution in [3.8, 4) is 0 Å². The standard InChI is InChI=1S/C19H30O3/c1-6-9-20-16-21-15-11-19-10-14(18(15,5)22-16)17(3,4)13(19)8-7-12(19)2/h6,12-16H,1,7-11H2,2-5H3/t12-,13+,14-,15+,16?,18-,19-/m1/s1. The topological polar surface area (TPSA) is 27.7 Å². The first-order valence-corrected chi connectivity index (χ1v) is 8.90. The van der Waals surface area contributed by atoms with Gasteiger partial charge in [0.05, 0.1) is 12.7 Å². The Hall–Kier alpha value is -0.380. The SMILES string of the molecule is C=CCOC1O[C@H]2C[C@@]34C[C@H](C(C)(C)[C@@H]3CC[C@H]4C)[C@@]2(C)O1. The molecule has 1 saturated heterocycles. The maximum absolute atomic E-state index is 6.33. The third kappa shape index (κ3) is 1.68. The Morgan fingerprint density at radius 1 is 1.18 bits per heavy atom. The summed E-state index contributed by atoms with van der Waals surface area (Å²) in [6, 6.07) is 0. The molecule has 4 rings (SSSR count). The highest BCUT2D eigenvalue weighted by atomic mass is 16.9. The second kappa shape index (κ2) is 4.58. The third-order valence-electron chi connectivity index (χ3n) is 7.82. The van der Waals surface area contributed by atoms with E-state index in [1.54, 1.807) is 6.08 Å². The van der Waals surface area contributed by atoms with Gasteiger partial charge in [-0.1, -0.05) is 26.8 Å². The van der Waals surface area contributed by atoms with E-state index in [0.29, 0.717) is 23.4 Å². The van der Waals surface area contributed by atoms with Crippen molar-refractivity contribution in [2.45, 2.75) is 71.6 Å². The van der Waals surface area contributed by atoms with Crippen molar-refractivity contribution in [3.63, 3.8) is 0 Å². The van der Waals surface area contributed by atoms with Gasteiger partial charge in [0.15, 0.2) is 0 Å². The van der Waals surface area contributed by atoms with E-state index < -0.39 is 6.48 Å². The lowest BCUT2D eigenvalue weighted by molar-refractivity contribution is -0.252. The molecule has 3 aliphatic carbocycles. The van der Waals surface area contributed by atoms with E-state index in [1.165, 1.54) is 19.3 Å². The maximum atomic E-state index is 6.33. The molecule has 0 aromatic heterocycles. The van der Waals surface area contributed by atoms with E-state index >= 15 is 0 Å². The van der Waals surface area contributed by atoms with Crippen molar-refractivity contribution in [3.05, 3.63) is 12.7 Å². The largest absolute Gasteiger partial charge is 0.326 e. The molecule has 4 fully saturated rings. The Labute approximate surface area is 134 Å². The fraction of sp³-hybridized carbons (Fsp3) is 0.895. The Bertz CT molecular complexity index is 487. The van der Waals surface area contributed by atoms with E-state index in [2.05, 4.69) is 34.3 Å². The molecule has 3 heteroatoms. The maximum Gasteiger partial charge on any atom is 0.272 e. The molecule has 0 N–H and O–H groups in total. The van der Waals surface area contributed by atoms with Gasteiger partial charge in [-0.25, -0.2) is 0 Å². The summed E-state index contributed by atoms with van der Waals surface area (Å²) in [5, 5.41) is 0. The van der Waals surface area contributed by atoms with Gasteiger partial charge in [-0.05, 0) is 61.2 Å². The van der Waals surface area contributed by atoms with Gasteiger partial charge in [0.25, 0.3) is 6.48 Å². The number of hydrogen-bond donors (Lipinski definition) is 0. The second-order valence-electron chi connectivity index (χ2n) is 8.88. The van der Waals surface area contributed by atoms with Crippen molar-refractivity contribution in [1.29, 1.82) is 0 Å². The zero-order valence-corrected chi connectivity index (χ0v) is 14.4. The van der Waals surface area contributed by atoms with Crippen LogP contribution in [0.3, 0.4) is 0 Å². The highest BCUT2D eigenvalue weighted by molar-refractivity contribution is 5.21. The second-order valence-corrected chi connectivity index (χ2v) is 8.88. The molecule has 2 bridgehead atoms. The summed E-state index contributed by atoms with van der Waals surface area (Å²) in [4.78, 5) is 0. The normalized spacial score (nSPS) is 55.0. The van der Waals surface area contributed by atoms with Crippen LogP contribution in [0.15, 0.2) is 12.7 Å². The molecule has 0 aromatic carbocycles. The molecule has 0 radical (unpaired) electrons. The first-order valence-electron chi connectivity index (χ1n) is 8.90. The quantitative estimate of drug-likeness (QED) is 0.734. The van der Waals surface area contributed by atoms with E-state index in [9.17, 15) is 0 Å². The van der Waals surface area contributed by atoms with E-state index in [4.69, 9.17) is 14.2 Å². The van der Waals surface area contributed by atoms with Crippen LogP contribution in [0.4, 0.5) is 0 Å². The molecule has 1 unspecified atom stereocenters. The highest BCUT2D eigenvalue weighted by Crippen LogP contribution is 2.74. The molecule has 1 aliphatic heterocycles. The van der Waals surface area contributed by atoms with Crippen molar-refractivity contribution in [2.75, 3.05) is 6.61 Å². The summed E-state index contributed by atoms with van der Waals surface area (Å²) in [6.45, 7) is 13.3. The molecule has 22 heavy (non-hydrogen) atoms. The first-order chi connectivity index (χ1) is 10.3. The lowest BCUT2D eigenvalue weighted by atomic mass is 9.63. The summed E-state index contributed by atoms with van der Waals surface area (Å²) in [6.07, 6.45) is 7.12. The van der Waals surface area contributed by atoms with Gasteiger partial charge in [0, 0.05) is 0 Å². The van der Waals surface area contributed by atoms with Gasteiger partial charge >= 0.3 is 0 Å². The third-order valence-corrected chi connectivity index (χ3v) is 7.82. The van der Waals surface area contributed by atoms with Crippen molar-refractivity contribution in [2.24, 2.45) is 28.6 Å². The predicted molar refractivity (Wildman–Crippen MR) is 85.1 cm³/mol. The molecule has 4 aliphatic rings. The lowest BCUT2D eigenvalue weighted by Gasteiger charge is -2.46. The molecule has 3 saturated carbocycles. The molecule has 124 valence electrons. The van der Waals surface area contributed by atoms with Crippen molar-refractivity contribution < 1.29 is 14.2 Å². The van der Waals surface area contributed by atoms with Crippen LogP contribution in [0.5, 0.6) is 0 Å². The zero-order valence-electron chi connectivity index (χ0n) is 14.4. The molecular formula is C19H30O3. The molecule has 0 amide bonds. The van der Waals surface area contributed by atoms with Crippen molar-refractivity contribution >= 4 is 0 Å². The monoisotopic (exact) mass is 306 g/mol. The fourth-order valence-corrected chi connectivity index (χ4v) is 6.75. The van der Waals surface area contributed by atoms with Gasteiger partial charge in [0.2, 0.25) is 0 Å². The van der Waals surface area contributed by atoms with Crippen molar-refractivity contribution in [1.82, 2.24) is 0 Å². The minimum Gasteiger partial charge on any atom is -0.326 e. The minimum absolute atomic E-state index is 0.172. The van der Waals surface area contributed by atoms with Gasteiger partial charge in [0.1, 0.15) is 5.60 Å². The molecule has 0 aromatic rings. The smallest absolute Gasteiger partial charge is 0.272 e. The number of hydrogen-bond acceptors (Lipinski definition) is 3. The lowest BCUT2D eigenvalue weighted by Crippen LogP contribution is -2.52. The molecule has 1 heterocycles. The number of rotatable bonds is 3. The summed E-state index contributed by atoms with van der Waals surface area (Å²) >= 11 is 0. The Kier molecular flexibility index (Phi) is 3.16. The highest BCUT2D eigenvalue weighted by Gasteiger charge is 2.73. The Morgan fingerprint density at radius 3 is 2.68 bits per heavy atom. The Morgan fingerprint density at radius 2 is 1.95 bits per heavy atom. The summed E-state index contributed by atoms with van der Waals surface area (Å²) in [7, 11) is 0. The van der Waals surface area contributed by atoms with Gasteiger partial charge < -0.3 is 14.2 Å². The van der Waals surface area contributed by atoms with Crippen LogP contribution in [0.2, 0.25) is 0 Å². The summed E-state index contributed by atoms with van der Waals surface area (Å²) < 4.78 is 18.2. The fourth-order valence-electron chi connectivity index (χ4n) is 6.75. The van der Waals surface area contributed by atoms with E-state index in [-0.39, 0.29) is 11.7 Å². The predicted octanol–water partition coefficient (Wildman–Crippen LogP) is 4.13. The summed E-state index contributed by atoms with van der Waals surface area (Å²) in [5.41, 5.74) is 0.588. The van der Waals surface area contributed by atoms with Crippen LogP contribution in [0, 0.1) is 28.6 Å². The Balaban J connectivity index is 1.67. The van der Waals surface area contributed by atoms with Gasteiger partial charge in [-0.2, -0.15) is 0 Å². The first kappa shape index (κ1) is 15.2. The van der Waals surface area contributed by atoms with Gasteiger partial charge in [-0.3, -0.25) is 0 Å². The van der Waals surface area contributed by atoms with Crippen LogP contribution >= 0.6 is 0 Å². The average Bonchev–Trinajstić information content (AvgIpc) is 3.01. The van der Waals surface area contributed by atoms with Gasteiger partial charge in [-0.15, -0.1) is 6.58 Å². The van der Waals surface area contributed by atoms with E-state index in [1.807, 2.05) is 0 Å². The van der Waals surface area contributed by atoms with Crippen LogP contribution < -0.4 is 0 Å². The van der Waals surface area contributed by atoms with Crippen LogP contribution in [-0.4, -0.2) is 24.8 Å². The minimum atomic E-state index is -0.519. The number of ether oxygens (including phenoxy) is 3. The molecule has 7 atom stereocenters. The molecular weight excluding hydrogens is 276 g/mol. The average molecular weight is 306 g/mol. The molecule has 1 spiro atoms. The van der Waals surface area contributed by atoms with Crippen LogP contribution in [0.1, 0.15) is 53.4 Å². The molecule has 3 nitrogen and oxygen atoms in total. The number of fused-ring (bicyclic) bond motifs is 3. The zero-order chi connectivity index (χ0) is 15.8. The summed E-state index contributed by atoms with van der Waals surface area (Å²) in [5.74, 6) is 2.19. The van der Waals surface area contributed by atoms with Crippen LogP contribution in [-0.2, 0) is 14.2 Å². The van der Waals surface area contributed by atoms with E-state index in [0.717, 1.165) is 18.3 Å². The van der Waals surface area contributed by atoms with Crippen LogP contribution in [0.25, 0.3) is 0 Å².